The van der Waals surface area contributed by atoms with E-state index in [1.54, 1.807) is 24.3 Å². The van der Waals surface area contributed by atoms with Crippen LogP contribution in [0.5, 0.6) is 6.01 Å². The van der Waals surface area contributed by atoms with Crippen LogP contribution in [0.15, 0.2) is 48.7 Å². The maximum absolute atomic E-state index is 14.6. The van der Waals surface area contributed by atoms with Crippen molar-refractivity contribution in [2.24, 2.45) is 0 Å². The zero-order chi connectivity index (χ0) is 24.6. The van der Waals surface area contributed by atoms with Crippen molar-refractivity contribution in [1.82, 2.24) is 30.1 Å². The first kappa shape index (κ1) is 24.7. The number of aryl methyl sites for hydroxylation is 1. The van der Waals surface area contributed by atoms with Crippen LogP contribution in [0.3, 0.4) is 0 Å². The van der Waals surface area contributed by atoms with Crippen LogP contribution in [0.1, 0.15) is 17.0 Å². The molecule has 3 aromatic rings. The molecule has 35 heavy (non-hydrogen) atoms. The van der Waals surface area contributed by atoms with E-state index in [1.807, 2.05) is 25.1 Å². The predicted octanol–water partition coefficient (Wildman–Crippen LogP) is 2.47. The summed E-state index contributed by atoms with van der Waals surface area (Å²) in [4.78, 5) is 29.3. The lowest BCUT2D eigenvalue weighted by Crippen LogP contribution is -2.45. The minimum Gasteiger partial charge on any atom is -0.462 e. The Labute approximate surface area is 205 Å². The topological polar surface area (TPSA) is 83.5 Å². The quantitative estimate of drug-likeness (QED) is 0.473. The molecular formula is C26H31FN6O2. The average Bonchev–Trinajstić information content (AvgIpc) is 2.85. The number of likely N-dealkylation sites (N-methyl/N-ethyl adjacent to an activating group) is 1. The van der Waals surface area contributed by atoms with Gasteiger partial charge in [0.1, 0.15) is 6.61 Å². The normalized spacial score (nSPS) is 14.6. The van der Waals surface area contributed by atoms with Crippen molar-refractivity contribution < 1.29 is 13.9 Å². The van der Waals surface area contributed by atoms with Crippen LogP contribution < -0.4 is 10.1 Å². The Kier molecular flexibility index (Phi) is 8.33. The lowest BCUT2D eigenvalue weighted by molar-refractivity contribution is -0.120. The number of nitrogens with one attached hydrogen (secondary N) is 1. The van der Waals surface area contributed by atoms with Crippen LogP contribution in [-0.2, 0) is 17.8 Å². The summed E-state index contributed by atoms with van der Waals surface area (Å²) < 4.78 is 20.2. The molecule has 1 saturated heterocycles. The lowest BCUT2D eigenvalue weighted by atomic mass is 10.0. The van der Waals surface area contributed by atoms with Crippen molar-refractivity contribution in [2.45, 2.75) is 19.9 Å². The van der Waals surface area contributed by atoms with Crippen LogP contribution in [0, 0.1) is 12.9 Å². The van der Waals surface area contributed by atoms with E-state index in [0.717, 1.165) is 49.7 Å². The number of aromatic nitrogens is 3. The molecule has 1 fully saturated rings. The van der Waals surface area contributed by atoms with E-state index in [9.17, 15) is 9.18 Å². The van der Waals surface area contributed by atoms with Crippen LogP contribution in [0.25, 0.3) is 11.1 Å². The predicted molar refractivity (Wildman–Crippen MR) is 131 cm³/mol. The highest BCUT2D eigenvalue weighted by Crippen LogP contribution is 2.23. The van der Waals surface area contributed by atoms with Crippen molar-refractivity contribution in [3.8, 4) is 17.1 Å². The Bertz CT molecular complexity index is 1130. The number of benzene rings is 1. The maximum atomic E-state index is 14.6. The molecule has 1 aliphatic rings. The Balaban J connectivity index is 1.26. The van der Waals surface area contributed by atoms with Gasteiger partial charge in [-0.3, -0.25) is 14.7 Å². The van der Waals surface area contributed by atoms with Gasteiger partial charge in [0, 0.05) is 44.6 Å². The van der Waals surface area contributed by atoms with E-state index in [1.165, 1.54) is 6.20 Å². The van der Waals surface area contributed by atoms with E-state index in [-0.39, 0.29) is 23.9 Å². The number of carbonyl (C=O) groups is 1. The standard InChI is InChI=1S/C26H31FN6O2/c1-19-4-3-5-22(30-19)17-28-24(34)16-20-6-8-21(9-7-20)23-18-29-26(31-25(23)27)35-15-14-33-12-10-32(2)11-13-33/h3-9,18H,10-17H2,1-2H3,(H,28,34). The van der Waals surface area contributed by atoms with Crippen molar-refractivity contribution in [3.63, 3.8) is 0 Å². The second kappa shape index (κ2) is 11.8. The van der Waals surface area contributed by atoms with Gasteiger partial charge in [0.25, 0.3) is 0 Å². The zero-order valence-corrected chi connectivity index (χ0v) is 20.2. The highest BCUT2D eigenvalue weighted by Gasteiger charge is 2.15. The van der Waals surface area contributed by atoms with Gasteiger partial charge in [0.15, 0.2) is 0 Å². The fraction of sp³-hybridized carbons (Fsp3) is 0.385. The van der Waals surface area contributed by atoms with Gasteiger partial charge in [-0.1, -0.05) is 30.3 Å². The van der Waals surface area contributed by atoms with Gasteiger partial charge in [-0.05, 0) is 37.2 Å². The van der Waals surface area contributed by atoms with Crippen molar-refractivity contribution in [3.05, 3.63) is 71.6 Å². The van der Waals surface area contributed by atoms with E-state index >= 15 is 0 Å². The van der Waals surface area contributed by atoms with Gasteiger partial charge in [-0.15, -0.1) is 0 Å². The van der Waals surface area contributed by atoms with Crippen LogP contribution >= 0.6 is 0 Å². The monoisotopic (exact) mass is 478 g/mol. The Morgan fingerprint density at radius 3 is 2.57 bits per heavy atom. The molecule has 1 aromatic carbocycles. The molecule has 1 amide bonds. The molecule has 2 aromatic heterocycles. The Morgan fingerprint density at radius 2 is 1.86 bits per heavy atom. The molecule has 0 bridgehead atoms. The smallest absolute Gasteiger partial charge is 0.319 e. The number of nitrogens with zero attached hydrogens (tertiary/aromatic N) is 5. The molecule has 0 unspecified atom stereocenters. The third-order valence-electron chi connectivity index (χ3n) is 6.00. The summed E-state index contributed by atoms with van der Waals surface area (Å²) in [5, 5.41) is 2.88. The fourth-order valence-corrected chi connectivity index (χ4v) is 3.88. The molecule has 0 aliphatic carbocycles. The van der Waals surface area contributed by atoms with Crippen molar-refractivity contribution in [2.75, 3.05) is 46.4 Å². The number of rotatable bonds is 9. The summed E-state index contributed by atoms with van der Waals surface area (Å²) in [6.45, 7) is 7.53. The second-order valence-corrected chi connectivity index (χ2v) is 8.77. The molecule has 0 spiro atoms. The number of piperazine rings is 1. The average molecular weight is 479 g/mol. The third-order valence-corrected chi connectivity index (χ3v) is 6.00. The van der Waals surface area contributed by atoms with Gasteiger partial charge < -0.3 is 15.0 Å². The van der Waals surface area contributed by atoms with Gasteiger partial charge in [-0.2, -0.15) is 9.37 Å². The van der Waals surface area contributed by atoms with E-state index in [4.69, 9.17) is 4.74 Å². The minimum atomic E-state index is -0.634. The minimum absolute atomic E-state index is 0.0387. The first-order valence-electron chi connectivity index (χ1n) is 11.8. The van der Waals surface area contributed by atoms with E-state index in [0.29, 0.717) is 18.7 Å². The maximum Gasteiger partial charge on any atom is 0.319 e. The van der Waals surface area contributed by atoms with E-state index < -0.39 is 5.95 Å². The number of hydrogen-bond acceptors (Lipinski definition) is 7. The van der Waals surface area contributed by atoms with Gasteiger partial charge in [-0.25, -0.2) is 4.98 Å². The molecule has 1 N–H and O–H groups in total. The third kappa shape index (κ3) is 7.27. The summed E-state index contributed by atoms with van der Waals surface area (Å²) in [5.41, 5.74) is 3.48. The molecule has 4 rings (SSSR count). The summed E-state index contributed by atoms with van der Waals surface area (Å²) in [6, 6.07) is 12.9. The largest absolute Gasteiger partial charge is 0.462 e. The molecule has 0 radical (unpaired) electrons. The van der Waals surface area contributed by atoms with Gasteiger partial charge >= 0.3 is 6.01 Å². The second-order valence-electron chi connectivity index (χ2n) is 8.77. The first-order chi connectivity index (χ1) is 17.0. The van der Waals surface area contributed by atoms with Crippen LogP contribution in [0.4, 0.5) is 4.39 Å². The summed E-state index contributed by atoms with van der Waals surface area (Å²) in [5.74, 6) is -0.737. The number of hydrogen-bond donors (Lipinski definition) is 1. The lowest BCUT2D eigenvalue weighted by Gasteiger charge is -2.31. The zero-order valence-electron chi connectivity index (χ0n) is 20.2. The highest BCUT2D eigenvalue weighted by molar-refractivity contribution is 5.78. The molecule has 9 heteroatoms. The molecule has 184 valence electrons. The SMILES string of the molecule is Cc1cccc(CNC(=O)Cc2ccc(-c3cnc(OCCN4CCN(C)CC4)nc3F)cc2)n1. The molecule has 1 aliphatic heterocycles. The Morgan fingerprint density at radius 1 is 1.09 bits per heavy atom. The van der Waals surface area contributed by atoms with Crippen molar-refractivity contribution in [1.29, 1.82) is 0 Å². The van der Waals surface area contributed by atoms with Crippen LogP contribution in [-0.4, -0.2) is 77.0 Å². The number of halogens is 1. The summed E-state index contributed by atoms with van der Waals surface area (Å²) >= 11 is 0. The number of carbonyl (C=O) groups excluding carboxylic acids is 1. The first-order valence-corrected chi connectivity index (χ1v) is 11.8. The van der Waals surface area contributed by atoms with Crippen molar-refractivity contribution >= 4 is 5.91 Å². The molecule has 0 saturated carbocycles. The number of pyridine rings is 1. The molecule has 0 atom stereocenters. The van der Waals surface area contributed by atoms with Gasteiger partial charge in [0.2, 0.25) is 11.9 Å². The summed E-state index contributed by atoms with van der Waals surface area (Å²) in [7, 11) is 2.11. The van der Waals surface area contributed by atoms with Crippen LogP contribution in [0.2, 0.25) is 0 Å². The molecule has 8 nitrogen and oxygen atoms in total. The molecule has 3 heterocycles. The fourth-order valence-electron chi connectivity index (χ4n) is 3.88. The molecular weight excluding hydrogens is 447 g/mol. The Hall–Kier alpha value is -3.43. The number of amides is 1. The van der Waals surface area contributed by atoms with E-state index in [2.05, 4.69) is 37.1 Å². The number of ether oxygens (including phenoxy) is 1. The highest BCUT2D eigenvalue weighted by atomic mass is 19.1. The van der Waals surface area contributed by atoms with Gasteiger partial charge in [0.05, 0.1) is 24.2 Å². The summed E-state index contributed by atoms with van der Waals surface area (Å²) in [6.07, 6.45) is 1.66.